The second-order valence-electron chi connectivity index (χ2n) is 7.59. The first-order valence-corrected chi connectivity index (χ1v) is 10.1. The fourth-order valence-electron chi connectivity index (χ4n) is 3.93. The molecule has 0 aromatic heterocycles. The van der Waals surface area contributed by atoms with Crippen LogP contribution < -0.4 is 10.6 Å². The van der Waals surface area contributed by atoms with E-state index in [1.54, 1.807) is 12.1 Å². The lowest BCUT2D eigenvalue weighted by Gasteiger charge is -2.23. The van der Waals surface area contributed by atoms with Gasteiger partial charge in [0.15, 0.2) is 0 Å². The number of phenolic OH excluding ortho intramolecular Hbond substituents is 3. The molecule has 33 heavy (non-hydrogen) atoms. The summed E-state index contributed by atoms with van der Waals surface area (Å²) < 4.78 is 0. The highest BCUT2D eigenvalue weighted by Gasteiger charge is 2.38. The molecule has 0 spiro atoms. The Morgan fingerprint density at radius 1 is 0.455 bits per heavy atom. The first-order chi connectivity index (χ1) is 15.9. The van der Waals surface area contributed by atoms with Gasteiger partial charge in [-0.05, 0) is 60.7 Å². The van der Waals surface area contributed by atoms with E-state index in [0.717, 1.165) is 23.5 Å². The number of hydrogen-bond donors (Lipinski definition) is 5. The van der Waals surface area contributed by atoms with E-state index in [1.165, 1.54) is 12.1 Å². The van der Waals surface area contributed by atoms with Crippen molar-refractivity contribution < 1.29 is 24.9 Å². The number of nitrogens with one attached hydrogen (secondary N) is 2. The Bertz CT molecular complexity index is 1410. The Labute approximate surface area is 188 Å². The second-order valence-corrected chi connectivity index (χ2v) is 7.59. The van der Waals surface area contributed by atoms with Gasteiger partial charge >= 0.3 is 0 Å². The largest absolute Gasteiger partial charge is 0.507 e. The van der Waals surface area contributed by atoms with Gasteiger partial charge in [-0.1, -0.05) is 18.2 Å². The molecule has 0 atom stereocenters. The molecular weight excluding hydrogens is 420 g/mol. The predicted octanol–water partition coefficient (Wildman–Crippen LogP) is 5.07. The summed E-state index contributed by atoms with van der Waals surface area (Å²) in [6.45, 7) is 0. The molecule has 0 radical (unpaired) electrons. The fraction of sp³-hybridized carbons (Fsp3) is 0. The topological polar surface area (TPSA) is 119 Å². The summed E-state index contributed by atoms with van der Waals surface area (Å²) in [5.41, 5.74) is 1.84. The zero-order chi connectivity index (χ0) is 23.1. The Kier molecular flexibility index (Phi) is 4.71. The van der Waals surface area contributed by atoms with Gasteiger partial charge in [0.1, 0.15) is 17.2 Å². The number of anilines is 4. The minimum absolute atomic E-state index is 0.0695. The normalized spacial score (nSPS) is 12.1. The Morgan fingerprint density at radius 3 is 1.45 bits per heavy atom. The highest BCUT2D eigenvalue weighted by Crippen LogP contribution is 2.43. The van der Waals surface area contributed by atoms with Gasteiger partial charge in [-0.3, -0.25) is 9.59 Å². The maximum atomic E-state index is 13.3. The molecule has 0 bridgehead atoms. The predicted molar refractivity (Wildman–Crippen MR) is 124 cm³/mol. The molecule has 0 fully saturated rings. The van der Waals surface area contributed by atoms with Gasteiger partial charge in [-0.25, -0.2) is 0 Å². The van der Waals surface area contributed by atoms with Gasteiger partial charge in [-0.15, -0.1) is 0 Å². The summed E-state index contributed by atoms with van der Waals surface area (Å²) >= 11 is 0. The lowest BCUT2D eigenvalue weighted by atomic mass is 9.81. The molecule has 0 saturated heterocycles. The van der Waals surface area contributed by atoms with Gasteiger partial charge in [0.05, 0.1) is 27.9 Å². The second kappa shape index (κ2) is 7.72. The van der Waals surface area contributed by atoms with Crippen molar-refractivity contribution in [3.05, 3.63) is 101 Å². The lowest BCUT2D eigenvalue weighted by Crippen LogP contribution is -2.22. The average molecular weight is 438 g/mol. The van der Waals surface area contributed by atoms with E-state index >= 15 is 0 Å². The lowest BCUT2D eigenvalue weighted by molar-refractivity contribution is 0.0972. The molecule has 0 unspecified atom stereocenters. The smallest absolute Gasteiger partial charge is 0.202 e. The SMILES string of the molecule is O=C1c2c(O)ccc(O)c2C(=O)c2c(Nc3ccc(Nc4ccccc4)cc3)ccc(O)c21. The third-order valence-corrected chi connectivity index (χ3v) is 5.48. The highest BCUT2D eigenvalue weighted by atomic mass is 16.3. The van der Waals surface area contributed by atoms with Crippen LogP contribution in [0, 0.1) is 0 Å². The standard InChI is InChI=1S/C26H18N2O5/c29-18-11-10-17(28-16-8-6-15(7-9-16)27-14-4-2-1-3-5-14)21-22(18)26(33)24-20(31)13-12-19(30)23(24)25(21)32/h1-13,27-31H. The van der Waals surface area contributed by atoms with E-state index in [1.807, 2.05) is 42.5 Å². The maximum absolute atomic E-state index is 13.3. The number of hydrogen-bond acceptors (Lipinski definition) is 7. The number of fused-ring (bicyclic) bond motifs is 2. The third-order valence-electron chi connectivity index (χ3n) is 5.48. The quantitative estimate of drug-likeness (QED) is 0.249. The van der Waals surface area contributed by atoms with Gasteiger partial charge in [0, 0.05) is 17.1 Å². The number of aromatic hydroxyl groups is 3. The van der Waals surface area contributed by atoms with Crippen LogP contribution in [0.1, 0.15) is 31.8 Å². The molecule has 1 aliphatic rings. The van der Waals surface area contributed by atoms with E-state index < -0.39 is 23.1 Å². The van der Waals surface area contributed by atoms with Crippen molar-refractivity contribution in [1.82, 2.24) is 0 Å². The van der Waals surface area contributed by atoms with Crippen molar-refractivity contribution in [1.29, 1.82) is 0 Å². The summed E-state index contributed by atoms with van der Waals surface area (Å²) in [7, 11) is 0. The van der Waals surface area contributed by atoms with Crippen molar-refractivity contribution in [2.24, 2.45) is 0 Å². The number of carbonyl (C=O) groups excluding carboxylic acids is 2. The van der Waals surface area contributed by atoms with E-state index in [-0.39, 0.29) is 28.0 Å². The molecule has 1 aliphatic carbocycles. The van der Waals surface area contributed by atoms with Crippen molar-refractivity contribution in [3.63, 3.8) is 0 Å². The van der Waals surface area contributed by atoms with Crippen LogP contribution >= 0.6 is 0 Å². The zero-order valence-electron chi connectivity index (χ0n) is 17.2. The van der Waals surface area contributed by atoms with Crippen LogP contribution in [0.15, 0.2) is 78.9 Å². The molecule has 7 nitrogen and oxygen atoms in total. The van der Waals surface area contributed by atoms with Crippen molar-refractivity contribution >= 4 is 34.3 Å². The Morgan fingerprint density at radius 2 is 0.879 bits per heavy atom. The van der Waals surface area contributed by atoms with Crippen LogP contribution in [0.2, 0.25) is 0 Å². The summed E-state index contributed by atoms with van der Waals surface area (Å²) in [5, 5.41) is 37.1. The minimum Gasteiger partial charge on any atom is -0.507 e. The van der Waals surface area contributed by atoms with Crippen LogP contribution in [-0.4, -0.2) is 26.9 Å². The maximum Gasteiger partial charge on any atom is 0.202 e. The van der Waals surface area contributed by atoms with E-state index in [0.29, 0.717) is 11.4 Å². The molecule has 0 saturated carbocycles. The number of rotatable bonds is 4. The number of ketones is 2. The van der Waals surface area contributed by atoms with E-state index in [9.17, 15) is 24.9 Å². The third kappa shape index (κ3) is 3.41. The Hall–Kier alpha value is -4.78. The molecule has 4 aromatic carbocycles. The highest BCUT2D eigenvalue weighted by molar-refractivity contribution is 6.32. The van der Waals surface area contributed by atoms with Gasteiger partial charge in [0.25, 0.3) is 0 Å². The first-order valence-electron chi connectivity index (χ1n) is 10.1. The molecule has 0 aliphatic heterocycles. The summed E-state index contributed by atoms with van der Waals surface area (Å²) in [5.74, 6) is -2.65. The van der Waals surface area contributed by atoms with Crippen LogP contribution in [0.25, 0.3) is 0 Å². The van der Waals surface area contributed by atoms with Gasteiger partial charge < -0.3 is 26.0 Å². The van der Waals surface area contributed by atoms with Crippen LogP contribution in [0.3, 0.4) is 0 Å². The van der Waals surface area contributed by atoms with Crippen LogP contribution in [-0.2, 0) is 0 Å². The number of phenols is 3. The van der Waals surface area contributed by atoms with Crippen molar-refractivity contribution in [3.8, 4) is 17.2 Å². The molecular formula is C26H18N2O5. The zero-order valence-corrected chi connectivity index (χ0v) is 17.2. The van der Waals surface area contributed by atoms with E-state index in [2.05, 4.69) is 10.6 Å². The summed E-state index contributed by atoms with van der Waals surface area (Å²) in [6.07, 6.45) is 0. The molecule has 162 valence electrons. The minimum atomic E-state index is -0.739. The van der Waals surface area contributed by atoms with Crippen molar-refractivity contribution in [2.45, 2.75) is 0 Å². The Balaban J connectivity index is 1.51. The fourth-order valence-corrected chi connectivity index (χ4v) is 3.93. The van der Waals surface area contributed by atoms with E-state index in [4.69, 9.17) is 0 Å². The molecule has 5 rings (SSSR count). The number of benzene rings is 4. The van der Waals surface area contributed by atoms with Gasteiger partial charge in [-0.2, -0.15) is 0 Å². The summed E-state index contributed by atoms with van der Waals surface area (Å²) in [4.78, 5) is 26.3. The first kappa shape index (κ1) is 20.1. The summed E-state index contributed by atoms with van der Waals surface area (Å²) in [6, 6.07) is 22.1. The molecule has 4 aromatic rings. The molecule has 0 amide bonds. The van der Waals surface area contributed by atoms with Crippen molar-refractivity contribution in [2.75, 3.05) is 10.6 Å². The number of carbonyl (C=O) groups is 2. The van der Waals surface area contributed by atoms with Crippen LogP contribution in [0.4, 0.5) is 22.7 Å². The molecule has 7 heteroatoms. The monoisotopic (exact) mass is 438 g/mol. The molecule has 0 heterocycles. The number of para-hydroxylation sites is 1. The van der Waals surface area contributed by atoms with Gasteiger partial charge in [0.2, 0.25) is 11.6 Å². The van der Waals surface area contributed by atoms with Crippen LogP contribution in [0.5, 0.6) is 17.2 Å². The average Bonchev–Trinajstić information content (AvgIpc) is 2.82. The molecule has 5 N–H and O–H groups in total.